The number of aryl methyl sites for hydroxylation is 1. The number of hydrogen-bond acceptors (Lipinski definition) is 4. The van der Waals surface area contributed by atoms with E-state index in [2.05, 4.69) is 123 Å². The summed E-state index contributed by atoms with van der Waals surface area (Å²) in [5.74, 6) is 0.657. The lowest BCUT2D eigenvalue weighted by Crippen LogP contribution is -2.06. The summed E-state index contributed by atoms with van der Waals surface area (Å²) in [5, 5.41) is 17.0. The third-order valence-corrected chi connectivity index (χ3v) is 7.86. The van der Waals surface area contributed by atoms with Crippen LogP contribution in [0.4, 0.5) is 0 Å². The monoisotopic (exact) mass is 531 g/mol. The number of fused-ring (bicyclic) bond motifs is 2. The maximum Gasteiger partial charge on any atom is 0.181 e. The topological polar surface area (TPSA) is 66.3 Å². The summed E-state index contributed by atoms with van der Waals surface area (Å²) >= 11 is 0. The third kappa shape index (κ3) is 4.49. The van der Waals surface area contributed by atoms with Crippen LogP contribution in [0.2, 0.25) is 0 Å². The van der Waals surface area contributed by atoms with Gasteiger partial charge in [-0.1, -0.05) is 63.2 Å². The fourth-order valence-electron chi connectivity index (χ4n) is 5.73. The van der Waals surface area contributed by atoms with Crippen molar-refractivity contribution in [2.45, 2.75) is 72.9 Å². The molecule has 0 radical (unpaired) electrons. The van der Waals surface area contributed by atoms with Crippen molar-refractivity contribution in [1.29, 1.82) is 0 Å². The van der Waals surface area contributed by atoms with Gasteiger partial charge in [-0.05, 0) is 51.3 Å². The zero-order valence-corrected chi connectivity index (χ0v) is 24.4. The smallest absolute Gasteiger partial charge is 0.181 e. The molecule has 0 aliphatic heterocycles. The maximum absolute atomic E-state index is 5.26. The summed E-state index contributed by atoms with van der Waals surface area (Å²) in [5.41, 5.74) is 9.47. The Balaban J connectivity index is 1.45. The van der Waals surface area contributed by atoms with Crippen LogP contribution in [0.3, 0.4) is 0 Å². The van der Waals surface area contributed by atoms with E-state index in [-0.39, 0.29) is 6.04 Å². The number of nitrogens with zero attached hydrogens (tertiary/aromatic N) is 7. The van der Waals surface area contributed by atoms with Crippen LogP contribution in [0.5, 0.6) is 0 Å². The highest BCUT2D eigenvalue weighted by molar-refractivity contribution is 5.94. The summed E-state index contributed by atoms with van der Waals surface area (Å²) < 4.78 is 6.12. The fourth-order valence-corrected chi connectivity index (χ4v) is 5.73. The van der Waals surface area contributed by atoms with Gasteiger partial charge in [0.15, 0.2) is 5.65 Å². The second-order valence-electron chi connectivity index (χ2n) is 11.5. The zero-order valence-electron chi connectivity index (χ0n) is 24.4. The van der Waals surface area contributed by atoms with Gasteiger partial charge in [-0.2, -0.15) is 15.3 Å². The standard InChI is InChI=1S/C33H37N7/c1-20(2)31-24(7)40(30-16-26-18-39(21(3)4)37-33(26)34-23(30)6)36-32(31)27-14-11-15-29-28(27)19-38(35-29)17-22(5)25-12-9-8-10-13-25/h8-16,18-22H,17H2,1-7H3/t22-/m0/s1. The first-order chi connectivity index (χ1) is 19.2. The number of rotatable bonds is 7. The Kier molecular flexibility index (Phi) is 6.53. The molecule has 0 aliphatic carbocycles. The number of hydrogen-bond donors (Lipinski definition) is 0. The van der Waals surface area contributed by atoms with E-state index in [1.54, 1.807) is 0 Å². The first kappa shape index (κ1) is 26.0. The normalized spacial score (nSPS) is 12.8. The van der Waals surface area contributed by atoms with Gasteiger partial charge in [-0.3, -0.25) is 9.36 Å². The van der Waals surface area contributed by atoms with E-state index in [4.69, 9.17) is 15.2 Å². The highest BCUT2D eigenvalue weighted by Gasteiger charge is 2.23. The summed E-state index contributed by atoms with van der Waals surface area (Å²) in [6.45, 7) is 16.0. The molecule has 6 rings (SSSR count). The number of aromatic nitrogens is 7. The predicted molar refractivity (Wildman–Crippen MR) is 162 cm³/mol. The molecule has 4 heterocycles. The molecule has 40 heavy (non-hydrogen) atoms. The molecule has 0 fully saturated rings. The molecule has 6 aromatic rings. The van der Waals surface area contributed by atoms with Crippen LogP contribution >= 0.6 is 0 Å². The lowest BCUT2D eigenvalue weighted by Gasteiger charge is -2.11. The average Bonchev–Trinajstić information content (AvgIpc) is 3.63. The van der Waals surface area contributed by atoms with Gasteiger partial charge in [0.25, 0.3) is 0 Å². The highest BCUT2D eigenvalue weighted by Crippen LogP contribution is 2.37. The van der Waals surface area contributed by atoms with Gasteiger partial charge < -0.3 is 0 Å². The molecule has 7 nitrogen and oxygen atoms in total. The van der Waals surface area contributed by atoms with Gasteiger partial charge in [0.1, 0.15) is 0 Å². The molecule has 0 N–H and O–H groups in total. The average molecular weight is 532 g/mol. The van der Waals surface area contributed by atoms with Crippen LogP contribution in [0.25, 0.3) is 38.9 Å². The van der Waals surface area contributed by atoms with E-state index >= 15 is 0 Å². The lowest BCUT2D eigenvalue weighted by molar-refractivity contribution is 0.536. The van der Waals surface area contributed by atoms with Crippen LogP contribution in [0.15, 0.2) is 67.0 Å². The van der Waals surface area contributed by atoms with E-state index in [0.717, 1.165) is 56.8 Å². The van der Waals surface area contributed by atoms with Crippen molar-refractivity contribution in [3.8, 4) is 16.9 Å². The molecule has 0 saturated heterocycles. The first-order valence-electron chi connectivity index (χ1n) is 14.2. The molecule has 0 unspecified atom stereocenters. The van der Waals surface area contributed by atoms with Crippen molar-refractivity contribution in [2.75, 3.05) is 0 Å². The number of benzene rings is 2. The van der Waals surface area contributed by atoms with E-state index in [1.165, 1.54) is 11.1 Å². The Morgan fingerprint density at radius 3 is 2.33 bits per heavy atom. The van der Waals surface area contributed by atoms with Crippen LogP contribution in [-0.4, -0.2) is 34.3 Å². The Labute approximate surface area is 235 Å². The minimum Gasteiger partial charge on any atom is -0.271 e. The van der Waals surface area contributed by atoms with Crippen LogP contribution in [0.1, 0.15) is 75.0 Å². The largest absolute Gasteiger partial charge is 0.271 e. The van der Waals surface area contributed by atoms with Gasteiger partial charge >= 0.3 is 0 Å². The Bertz CT molecular complexity index is 1820. The van der Waals surface area contributed by atoms with E-state index in [9.17, 15) is 0 Å². The maximum atomic E-state index is 5.26. The van der Waals surface area contributed by atoms with Gasteiger partial charge in [-0.15, -0.1) is 0 Å². The Morgan fingerprint density at radius 2 is 1.60 bits per heavy atom. The van der Waals surface area contributed by atoms with Crippen molar-refractivity contribution in [3.05, 3.63) is 89.5 Å². The molecular formula is C33H37N7. The SMILES string of the molecule is Cc1nc2nn(C(C)C)cc2cc1-n1nc(-c2cccc3nn(C[C@H](C)c4ccccc4)cc23)c(C(C)C)c1C. The van der Waals surface area contributed by atoms with E-state index in [1.807, 2.05) is 11.6 Å². The third-order valence-electron chi connectivity index (χ3n) is 7.86. The molecular weight excluding hydrogens is 494 g/mol. The molecule has 2 aromatic carbocycles. The van der Waals surface area contributed by atoms with E-state index in [0.29, 0.717) is 11.8 Å². The molecule has 1 atom stereocenters. The lowest BCUT2D eigenvalue weighted by atomic mass is 9.95. The van der Waals surface area contributed by atoms with Crippen LogP contribution < -0.4 is 0 Å². The van der Waals surface area contributed by atoms with Crippen molar-refractivity contribution in [2.24, 2.45) is 0 Å². The van der Waals surface area contributed by atoms with Gasteiger partial charge in [0.2, 0.25) is 0 Å². The van der Waals surface area contributed by atoms with Crippen molar-refractivity contribution < 1.29 is 0 Å². The molecule has 4 aromatic heterocycles. The molecule has 0 spiro atoms. The van der Waals surface area contributed by atoms with Crippen molar-refractivity contribution in [3.63, 3.8) is 0 Å². The highest BCUT2D eigenvalue weighted by atomic mass is 15.3. The second kappa shape index (κ2) is 10.0. The molecule has 0 saturated carbocycles. The second-order valence-corrected chi connectivity index (χ2v) is 11.5. The quantitative estimate of drug-likeness (QED) is 0.211. The minimum absolute atomic E-state index is 0.278. The Morgan fingerprint density at radius 1 is 0.825 bits per heavy atom. The summed E-state index contributed by atoms with van der Waals surface area (Å²) in [6.07, 6.45) is 4.26. The van der Waals surface area contributed by atoms with Crippen LogP contribution in [0, 0.1) is 13.8 Å². The first-order valence-corrected chi connectivity index (χ1v) is 14.2. The van der Waals surface area contributed by atoms with Gasteiger partial charge in [0.05, 0.1) is 22.6 Å². The van der Waals surface area contributed by atoms with Gasteiger partial charge in [-0.25, -0.2) is 9.67 Å². The molecule has 0 bridgehead atoms. The molecule has 0 amide bonds. The fraction of sp³-hybridized carbons (Fsp3) is 0.333. The predicted octanol–water partition coefficient (Wildman–Crippen LogP) is 7.76. The zero-order chi connectivity index (χ0) is 28.1. The minimum atomic E-state index is 0.278. The van der Waals surface area contributed by atoms with Crippen molar-refractivity contribution in [1.82, 2.24) is 34.3 Å². The van der Waals surface area contributed by atoms with E-state index < -0.39 is 0 Å². The van der Waals surface area contributed by atoms with Gasteiger partial charge in [0, 0.05) is 58.5 Å². The molecule has 204 valence electrons. The number of pyridine rings is 1. The summed E-state index contributed by atoms with van der Waals surface area (Å²) in [6, 6.07) is 19.4. The van der Waals surface area contributed by atoms with Crippen LogP contribution in [-0.2, 0) is 6.54 Å². The van der Waals surface area contributed by atoms with Crippen molar-refractivity contribution >= 4 is 21.9 Å². The molecule has 7 heteroatoms. The Hall–Kier alpha value is -4.26. The summed E-state index contributed by atoms with van der Waals surface area (Å²) in [4.78, 5) is 4.85. The summed E-state index contributed by atoms with van der Waals surface area (Å²) in [7, 11) is 0. The molecule has 0 aliphatic rings.